The number of nitrogens with zero attached hydrogens (tertiary/aromatic N) is 7. The molecule has 0 spiro atoms. The highest BCUT2D eigenvalue weighted by Gasteiger charge is 2.24. The van der Waals surface area contributed by atoms with Crippen LogP contribution >= 0.6 is 0 Å². The summed E-state index contributed by atoms with van der Waals surface area (Å²) in [5, 5.41) is 23.1. The Morgan fingerprint density at radius 1 is 1.13 bits per heavy atom. The maximum Gasteiger partial charge on any atom is 0.277 e. The molecule has 2 fully saturated rings. The van der Waals surface area contributed by atoms with Gasteiger partial charge in [-0.1, -0.05) is 12.1 Å². The summed E-state index contributed by atoms with van der Waals surface area (Å²) in [6.07, 6.45) is 5.83. The van der Waals surface area contributed by atoms with Crippen LogP contribution in [0.5, 0.6) is 0 Å². The first-order valence-corrected chi connectivity index (χ1v) is 13.3. The minimum absolute atomic E-state index is 0.249. The second kappa shape index (κ2) is 12.1. The van der Waals surface area contributed by atoms with E-state index in [1.807, 2.05) is 12.1 Å². The molecule has 39 heavy (non-hydrogen) atoms. The summed E-state index contributed by atoms with van der Waals surface area (Å²) in [6.45, 7) is 4.25. The van der Waals surface area contributed by atoms with Gasteiger partial charge in [-0.3, -0.25) is 9.69 Å². The minimum Gasteiger partial charge on any atom is -0.385 e. The Morgan fingerprint density at radius 2 is 1.87 bits per heavy atom. The standard InChI is InChI=1S/C26H34N12O/c27-10-5-17-6-13-38(14-7-17)26-32-21-15-30-35-25(39)22(21)24(33-26)31-20-3-1-18(2-4-20)16-37-11-8-19(9-12-37)23(28)34-36-29/h1-4,15,17,19,36H,5-9,11-14,16,29H2,(H2,28,34)(H,35,39)(H,31,32,33). The van der Waals surface area contributed by atoms with Crippen molar-refractivity contribution in [1.29, 1.82) is 5.26 Å². The van der Waals surface area contributed by atoms with Gasteiger partial charge in [0.2, 0.25) is 5.95 Å². The van der Waals surface area contributed by atoms with E-state index in [0.29, 0.717) is 40.8 Å². The van der Waals surface area contributed by atoms with E-state index in [9.17, 15) is 4.79 Å². The van der Waals surface area contributed by atoms with Crippen LogP contribution in [-0.4, -0.2) is 57.1 Å². The lowest BCUT2D eigenvalue weighted by molar-refractivity contribution is 0.201. The van der Waals surface area contributed by atoms with E-state index in [4.69, 9.17) is 21.8 Å². The molecule has 13 nitrogen and oxygen atoms in total. The van der Waals surface area contributed by atoms with Crippen LogP contribution in [0.3, 0.4) is 0 Å². The number of hydrogen-bond acceptors (Lipinski definition) is 11. The predicted octanol–water partition coefficient (Wildman–Crippen LogP) is 1.53. The first-order chi connectivity index (χ1) is 19.0. The van der Waals surface area contributed by atoms with E-state index in [2.05, 4.69) is 59.1 Å². The largest absolute Gasteiger partial charge is 0.385 e. The van der Waals surface area contributed by atoms with Crippen LogP contribution in [0.25, 0.3) is 10.9 Å². The molecule has 4 heterocycles. The van der Waals surface area contributed by atoms with Gasteiger partial charge in [0.15, 0.2) is 0 Å². The van der Waals surface area contributed by atoms with Gasteiger partial charge >= 0.3 is 0 Å². The Morgan fingerprint density at radius 3 is 2.56 bits per heavy atom. The molecule has 1 aromatic carbocycles. The normalized spacial score (nSPS) is 17.7. The smallest absolute Gasteiger partial charge is 0.277 e. The Bertz CT molecular complexity index is 1400. The third-order valence-corrected chi connectivity index (χ3v) is 7.60. The number of likely N-dealkylation sites (tertiary alicyclic amines) is 1. The number of hydrogen-bond donors (Lipinski definition) is 5. The molecule has 3 aromatic rings. The van der Waals surface area contributed by atoms with E-state index in [1.54, 1.807) is 6.20 Å². The average molecular weight is 531 g/mol. The SMILES string of the molecule is N#CCC1CCN(c2nc(Nc3ccc(CN4CCC(/C(N)=N/NN)CC4)cc3)c3c(=O)[nH]ncc3n2)CC1. The fourth-order valence-electron chi connectivity index (χ4n) is 5.33. The number of H-pyrrole nitrogens is 1. The van der Waals surface area contributed by atoms with E-state index < -0.39 is 0 Å². The molecule has 0 amide bonds. The maximum atomic E-state index is 12.7. The first kappa shape index (κ1) is 26.3. The van der Waals surface area contributed by atoms with Crippen molar-refractivity contribution >= 4 is 34.2 Å². The highest BCUT2D eigenvalue weighted by molar-refractivity contribution is 5.90. The molecule has 0 saturated carbocycles. The zero-order valence-electron chi connectivity index (χ0n) is 21.8. The molecule has 2 aromatic heterocycles. The molecular formula is C26H34N12O. The lowest BCUT2D eigenvalue weighted by Crippen LogP contribution is -2.39. The maximum absolute atomic E-state index is 12.7. The van der Waals surface area contributed by atoms with Crippen LogP contribution in [0.2, 0.25) is 0 Å². The number of nitrogens with two attached hydrogens (primary N) is 2. The summed E-state index contributed by atoms with van der Waals surface area (Å²) in [5.41, 5.74) is 10.4. The Kier molecular flexibility index (Phi) is 8.14. The lowest BCUT2D eigenvalue weighted by Gasteiger charge is -2.31. The third kappa shape index (κ3) is 6.24. The lowest BCUT2D eigenvalue weighted by atomic mass is 9.94. The van der Waals surface area contributed by atoms with E-state index in [0.717, 1.165) is 64.1 Å². The fraction of sp³-hybridized carbons (Fsp3) is 0.462. The Hall–Kier alpha value is -4.28. The van der Waals surface area contributed by atoms with Crippen molar-refractivity contribution < 1.29 is 0 Å². The quantitative estimate of drug-likeness (QED) is 0.123. The fourth-order valence-corrected chi connectivity index (χ4v) is 5.33. The van der Waals surface area contributed by atoms with Crippen molar-refractivity contribution in [2.45, 2.75) is 38.6 Å². The van der Waals surface area contributed by atoms with Gasteiger partial charge in [0.05, 0.1) is 12.3 Å². The number of rotatable bonds is 8. The van der Waals surface area contributed by atoms with Crippen LogP contribution < -0.4 is 32.9 Å². The minimum atomic E-state index is -0.345. The number of anilines is 3. The van der Waals surface area contributed by atoms with Crippen LogP contribution in [0, 0.1) is 23.2 Å². The Balaban J connectivity index is 1.28. The number of aromatic nitrogens is 4. The molecular weight excluding hydrogens is 496 g/mol. The van der Waals surface area contributed by atoms with Gasteiger partial charge in [-0.2, -0.15) is 20.4 Å². The average Bonchev–Trinajstić information content (AvgIpc) is 2.95. The summed E-state index contributed by atoms with van der Waals surface area (Å²) < 4.78 is 0. The van der Waals surface area contributed by atoms with Crippen LogP contribution in [-0.2, 0) is 6.54 Å². The molecule has 13 heteroatoms. The molecule has 0 radical (unpaired) electrons. The van der Waals surface area contributed by atoms with Crippen molar-refractivity contribution in [2.24, 2.45) is 28.5 Å². The number of piperidine rings is 2. The van der Waals surface area contributed by atoms with Gasteiger partial charge in [0.1, 0.15) is 22.6 Å². The number of fused-ring (bicyclic) bond motifs is 1. The second-order valence-electron chi connectivity index (χ2n) is 10.2. The third-order valence-electron chi connectivity index (χ3n) is 7.60. The van der Waals surface area contributed by atoms with Gasteiger partial charge < -0.3 is 16.0 Å². The molecule has 2 saturated heterocycles. The predicted molar refractivity (Wildman–Crippen MR) is 150 cm³/mol. The summed E-state index contributed by atoms with van der Waals surface area (Å²) in [5.74, 6) is 7.46. The van der Waals surface area contributed by atoms with Gasteiger partial charge in [0, 0.05) is 37.7 Å². The van der Waals surface area contributed by atoms with E-state index in [1.165, 1.54) is 5.56 Å². The van der Waals surface area contributed by atoms with Gasteiger partial charge in [-0.05, 0) is 62.4 Å². The van der Waals surface area contributed by atoms with E-state index >= 15 is 0 Å². The van der Waals surface area contributed by atoms with Crippen LogP contribution in [0.4, 0.5) is 17.5 Å². The molecule has 0 unspecified atom stereocenters. The molecule has 2 aliphatic rings. The summed E-state index contributed by atoms with van der Waals surface area (Å²) in [4.78, 5) is 26.6. The first-order valence-electron chi connectivity index (χ1n) is 13.3. The number of nitriles is 1. The number of amidine groups is 1. The molecule has 0 bridgehead atoms. The number of hydrazine groups is 1. The topological polar surface area (TPSA) is 190 Å². The molecule has 2 aliphatic heterocycles. The number of aromatic amines is 1. The summed E-state index contributed by atoms with van der Waals surface area (Å²) in [6, 6.07) is 10.4. The molecule has 0 atom stereocenters. The van der Waals surface area contributed by atoms with Crippen molar-refractivity contribution in [3.63, 3.8) is 0 Å². The summed E-state index contributed by atoms with van der Waals surface area (Å²) in [7, 11) is 0. The zero-order chi connectivity index (χ0) is 27.2. The zero-order valence-corrected chi connectivity index (χ0v) is 21.8. The van der Waals surface area contributed by atoms with Gasteiger partial charge in [0.25, 0.3) is 5.56 Å². The second-order valence-corrected chi connectivity index (χ2v) is 10.2. The molecule has 0 aliphatic carbocycles. The molecule has 7 N–H and O–H groups in total. The number of hydrazone groups is 1. The van der Waals surface area contributed by atoms with Gasteiger partial charge in [-0.25, -0.2) is 21.5 Å². The monoisotopic (exact) mass is 530 g/mol. The molecule has 5 rings (SSSR count). The highest BCUT2D eigenvalue weighted by Crippen LogP contribution is 2.28. The van der Waals surface area contributed by atoms with Crippen molar-refractivity contribution in [2.75, 3.05) is 36.4 Å². The summed E-state index contributed by atoms with van der Waals surface area (Å²) >= 11 is 0. The number of benzene rings is 1. The van der Waals surface area contributed by atoms with Crippen molar-refractivity contribution in [3.8, 4) is 6.07 Å². The van der Waals surface area contributed by atoms with Crippen molar-refractivity contribution in [1.82, 2.24) is 30.6 Å². The number of nitrogens with one attached hydrogen (secondary N) is 3. The van der Waals surface area contributed by atoms with Crippen molar-refractivity contribution in [3.05, 3.63) is 46.4 Å². The Labute approximate surface area is 226 Å². The molecule has 204 valence electrons. The van der Waals surface area contributed by atoms with Gasteiger partial charge in [-0.15, -0.1) is 0 Å². The highest BCUT2D eigenvalue weighted by atomic mass is 16.1. The van der Waals surface area contributed by atoms with E-state index in [-0.39, 0.29) is 11.5 Å². The van der Waals surface area contributed by atoms with Crippen LogP contribution in [0.1, 0.15) is 37.7 Å². The van der Waals surface area contributed by atoms with Crippen LogP contribution in [0.15, 0.2) is 40.4 Å².